The van der Waals surface area contributed by atoms with Crippen molar-refractivity contribution >= 4 is 22.8 Å². The molecule has 0 fully saturated rings. The zero-order valence-electron chi connectivity index (χ0n) is 13.9. The molecule has 0 saturated carbocycles. The number of aromatic carboxylic acids is 1. The highest BCUT2D eigenvalue weighted by Crippen LogP contribution is 2.23. The number of pyridine rings is 1. The van der Waals surface area contributed by atoms with Gasteiger partial charge >= 0.3 is 5.97 Å². The summed E-state index contributed by atoms with van der Waals surface area (Å²) in [5.41, 5.74) is 2.24. The van der Waals surface area contributed by atoms with Crippen LogP contribution in [0.2, 0.25) is 0 Å². The molecule has 0 aliphatic heterocycles. The average molecular weight is 337 g/mol. The number of carbonyl (C=O) groups is 2. The Labute approximate surface area is 145 Å². The number of hydrogen-bond acceptors (Lipinski definition) is 3. The summed E-state index contributed by atoms with van der Waals surface area (Å²) in [6, 6.07) is 13.0. The fraction of sp³-hybridized carbons (Fsp3) is 0.211. The minimum Gasteiger partial charge on any atom is -0.477 e. The molecule has 0 aliphatic carbocycles. The number of carboxylic acid groups (broad SMARTS) is 1. The van der Waals surface area contributed by atoms with Crippen LogP contribution >= 0.6 is 0 Å². The number of nitrogens with zero attached hydrogens (tertiary/aromatic N) is 2. The molecule has 2 heterocycles. The quantitative estimate of drug-likeness (QED) is 0.723. The summed E-state index contributed by atoms with van der Waals surface area (Å²) in [5, 5.41) is 10.2. The van der Waals surface area contributed by atoms with Crippen molar-refractivity contribution in [3.05, 3.63) is 65.6 Å². The molecule has 0 aliphatic rings. The molecule has 0 saturated heterocycles. The number of benzene rings is 1. The molecule has 2 N–H and O–H groups in total. The van der Waals surface area contributed by atoms with Gasteiger partial charge in [0.25, 0.3) is 0 Å². The van der Waals surface area contributed by atoms with Crippen LogP contribution in [-0.4, -0.2) is 45.4 Å². The lowest BCUT2D eigenvalue weighted by atomic mass is 10.1. The molecule has 0 bridgehead atoms. The lowest BCUT2D eigenvalue weighted by Gasteiger charge is -2.17. The molecule has 128 valence electrons. The zero-order chi connectivity index (χ0) is 17.8. The van der Waals surface area contributed by atoms with E-state index in [1.807, 2.05) is 36.4 Å². The van der Waals surface area contributed by atoms with Gasteiger partial charge in [-0.15, -0.1) is 0 Å². The van der Waals surface area contributed by atoms with Crippen LogP contribution in [-0.2, 0) is 17.6 Å². The summed E-state index contributed by atoms with van der Waals surface area (Å²) in [4.78, 5) is 32.8. The number of amides is 1. The summed E-state index contributed by atoms with van der Waals surface area (Å²) in [7, 11) is 1.72. The molecular weight excluding hydrogens is 318 g/mol. The monoisotopic (exact) mass is 337 g/mol. The molecule has 3 aromatic rings. The first-order valence-electron chi connectivity index (χ1n) is 8.03. The Balaban J connectivity index is 1.75. The van der Waals surface area contributed by atoms with E-state index in [4.69, 9.17) is 0 Å². The Bertz CT molecular complexity index is 903. The second-order valence-corrected chi connectivity index (χ2v) is 5.89. The van der Waals surface area contributed by atoms with Gasteiger partial charge in [-0.25, -0.2) is 4.79 Å². The first kappa shape index (κ1) is 16.7. The molecule has 1 amide bonds. The smallest absolute Gasteiger partial charge is 0.352 e. The highest BCUT2D eigenvalue weighted by Gasteiger charge is 2.20. The van der Waals surface area contributed by atoms with E-state index >= 15 is 0 Å². The molecule has 1 aromatic carbocycles. The minimum absolute atomic E-state index is 0.0460. The van der Waals surface area contributed by atoms with E-state index in [9.17, 15) is 14.7 Å². The van der Waals surface area contributed by atoms with Crippen LogP contribution < -0.4 is 0 Å². The summed E-state index contributed by atoms with van der Waals surface area (Å²) < 4.78 is 0. The van der Waals surface area contributed by atoms with Crippen molar-refractivity contribution in [3.8, 4) is 0 Å². The fourth-order valence-electron chi connectivity index (χ4n) is 2.81. The number of aromatic amines is 1. The molecule has 25 heavy (non-hydrogen) atoms. The number of carbonyl (C=O) groups excluding carboxylic acids is 1. The largest absolute Gasteiger partial charge is 0.477 e. The maximum Gasteiger partial charge on any atom is 0.352 e. The number of aromatic nitrogens is 2. The van der Waals surface area contributed by atoms with Crippen LogP contribution in [0.5, 0.6) is 0 Å². The van der Waals surface area contributed by atoms with Crippen molar-refractivity contribution < 1.29 is 14.7 Å². The van der Waals surface area contributed by atoms with Gasteiger partial charge in [0, 0.05) is 48.4 Å². The van der Waals surface area contributed by atoms with E-state index in [0.717, 1.165) is 16.6 Å². The summed E-state index contributed by atoms with van der Waals surface area (Å²) in [6.45, 7) is 0.528. The molecule has 0 spiro atoms. The molecule has 0 atom stereocenters. The number of para-hydroxylation sites is 1. The Morgan fingerprint density at radius 2 is 1.92 bits per heavy atom. The van der Waals surface area contributed by atoms with Crippen LogP contribution in [0.15, 0.2) is 48.7 Å². The first-order chi connectivity index (χ1) is 12.1. The summed E-state index contributed by atoms with van der Waals surface area (Å²) in [5.74, 6) is -1.18. The molecule has 6 nitrogen and oxygen atoms in total. The minimum atomic E-state index is -1.06. The van der Waals surface area contributed by atoms with Gasteiger partial charge in [-0.2, -0.15) is 0 Å². The summed E-state index contributed by atoms with van der Waals surface area (Å²) in [6.07, 6.45) is 2.43. The van der Waals surface area contributed by atoms with Gasteiger partial charge in [-0.3, -0.25) is 9.78 Å². The van der Waals surface area contributed by atoms with E-state index < -0.39 is 5.97 Å². The third kappa shape index (κ3) is 3.68. The third-order valence-electron chi connectivity index (χ3n) is 4.21. The van der Waals surface area contributed by atoms with E-state index in [1.54, 1.807) is 24.2 Å². The van der Waals surface area contributed by atoms with E-state index in [0.29, 0.717) is 18.5 Å². The Kier molecular flexibility index (Phi) is 4.79. The number of fused-ring (bicyclic) bond motifs is 1. The number of hydrogen-bond donors (Lipinski definition) is 2. The third-order valence-corrected chi connectivity index (χ3v) is 4.21. The SMILES string of the molecule is CN(CCc1ccccn1)C(=O)Cc1c(C(=O)O)[nH]c2ccccc12. The second kappa shape index (κ2) is 7.17. The predicted octanol–water partition coefficient (Wildman–Crippen LogP) is 2.50. The van der Waals surface area contributed by atoms with E-state index in [1.165, 1.54) is 0 Å². The van der Waals surface area contributed by atoms with E-state index in [-0.39, 0.29) is 18.0 Å². The van der Waals surface area contributed by atoms with Crippen LogP contribution in [0.3, 0.4) is 0 Å². The van der Waals surface area contributed by atoms with Crippen molar-refractivity contribution in [1.82, 2.24) is 14.9 Å². The standard InChI is InChI=1S/C19H19N3O3/c1-22(11-9-13-6-4-5-10-20-13)17(23)12-15-14-7-2-3-8-16(14)21-18(15)19(24)25/h2-8,10,21H,9,11-12H2,1H3,(H,24,25). The number of nitrogens with one attached hydrogen (secondary N) is 1. The molecule has 2 aromatic heterocycles. The molecule has 0 radical (unpaired) electrons. The normalized spacial score (nSPS) is 10.8. The zero-order valence-corrected chi connectivity index (χ0v) is 13.9. The topological polar surface area (TPSA) is 86.3 Å². The van der Waals surface area contributed by atoms with Gasteiger partial charge in [0.1, 0.15) is 5.69 Å². The average Bonchev–Trinajstić information content (AvgIpc) is 2.99. The maximum atomic E-state index is 12.5. The summed E-state index contributed by atoms with van der Waals surface area (Å²) >= 11 is 0. The van der Waals surface area contributed by atoms with Gasteiger partial charge in [0.2, 0.25) is 5.91 Å². The van der Waals surface area contributed by atoms with Crippen molar-refractivity contribution in [2.24, 2.45) is 0 Å². The second-order valence-electron chi connectivity index (χ2n) is 5.89. The van der Waals surface area contributed by atoms with Gasteiger partial charge in [0.15, 0.2) is 0 Å². The predicted molar refractivity (Wildman–Crippen MR) is 94.5 cm³/mol. The number of rotatable bonds is 6. The molecule has 0 unspecified atom stereocenters. The van der Waals surface area contributed by atoms with Crippen molar-refractivity contribution in [3.63, 3.8) is 0 Å². The van der Waals surface area contributed by atoms with Gasteiger partial charge in [0.05, 0.1) is 6.42 Å². The lowest BCUT2D eigenvalue weighted by molar-refractivity contribution is -0.129. The lowest BCUT2D eigenvalue weighted by Crippen LogP contribution is -2.30. The highest BCUT2D eigenvalue weighted by molar-refractivity contribution is 5.99. The van der Waals surface area contributed by atoms with Crippen LogP contribution in [0.1, 0.15) is 21.7 Å². The number of likely N-dealkylation sites (N-methyl/N-ethyl adjacent to an activating group) is 1. The number of carboxylic acids is 1. The van der Waals surface area contributed by atoms with Crippen LogP contribution in [0.4, 0.5) is 0 Å². The molecular formula is C19H19N3O3. The Hall–Kier alpha value is -3.15. The maximum absolute atomic E-state index is 12.5. The fourth-order valence-corrected chi connectivity index (χ4v) is 2.81. The van der Waals surface area contributed by atoms with Crippen molar-refractivity contribution in [2.45, 2.75) is 12.8 Å². The van der Waals surface area contributed by atoms with Crippen LogP contribution in [0, 0.1) is 0 Å². The van der Waals surface area contributed by atoms with E-state index in [2.05, 4.69) is 9.97 Å². The van der Waals surface area contributed by atoms with Crippen molar-refractivity contribution in [2.75, 3.05) is 13.6 Å². The number of H-pyrrole nitrogens is 1. The van der Waals surface area contributed by atoms with Gasteiger partial charge in [-0.1, -0.05) is 24.3 Å². The van der Waals surface area contributed by atoms with Crippen LogP contribution in [0.25, 0.3) is 10.9 Å². The first-order valence-corrected chi connectivity index (χ1v) is 8.03. The molecule has 3 rings (SSSR count). The van der Waals surface area contributed by atoms with Gasteiger partial charge < -0.3 is 15.0 Å². The highest BCUT2D eigenvalue weighted by atomic mass is 16.4. The van der Waals surface area contributed by atoms with Crippen molar-refractivity contribution in [1.29, 1.82) is 0 Å². The Morgan fingerprint density at radius 1 is 1.16 bits per heavy atom. The Morgan fingerprint density at radius 3 is 2.64 bits per heavy atom. The molecule has 6 heteroatoms. The van der Waals surface area contributed by atoms with Gasteiger partial charge in [-0.05, 0) is 18.2 Å².